The topological polar surface area (TPSA) is 110 Å². The number of imidazole rings is 1. The van der Waals surface area contributed by atoms with E-state index < -0.39 is 16.1 Å². The minimum atomic E-state index is -3.68. The van der Waals surface area contributed by atoms with Crippen molar-refractivity contribution >= 4 is 21.6 Å². The lowest BCUT2D eigenvalue weighted by Crippen LogP contribution is -2.39. The largest absolute Gasteiger partial charge is 0.385 e. The number of hydrogen-bond donors (Lipinski definition) is 2. The molecule has 2 heterocycles. The van der Waals surface area contributed by atoms with Crippen molar-refractivity contribution < 1.29 is 13.5 Å². The predicted molar refractivity (Wildman–Crippen MR) is 91.2 cm³/mol. The van der Waals surface area contributed by atoms with Crippen molar-refractivity contribution in [3.8, 4) is 6.07 Å². The van der Waals surface area contributed by atoms with Gasteiger partial charge in [0.05, 0.1) is 15.5 Å². The van der Waals surface area contributed by atoms with E-state index in [1.807, 2.05) is 6.07 Å². The molecule has 25 heavy (non-hydrogen) atoms. The van der Waals surface area contributed by atoms with Crippen LogP contribution in [0.2, 0.25) is 5.02 Å². The summed E-state index contributed by atoms with van der Waals surface area (Å²) in [6.07, 6.45) is 3.56. The third-order valence-electron chi connectivity index (χ3n) is 4.44. The quantitative estimate of drug-likeness (QED) is 0.843. The summed E-state index contributed by atoms with van der Waals surface area (Å²) in [6.45, 7) is 0.616. The average Bonchev–Trinajstić information content (AvgIpc) is 3.15. The van der Waals surface area contributed by atoms with Crippen LogP contribution in [0.15, 0.2) is 35.5 Å². The van der Waals surface area contributed by atoms with Gasteiger partial charge in [-0.3, -0.25) is 0 Å². The number of nitrogens with one attached hydrogen (secondary N) is 1. The molecule has 1 saturated heterocycles. The zero-order chi connectivity index (χ0) is 18.0. The second-order valence-electron chi connectivity index (χ2n) is 5.91. The first kappa shape index (κ1) is 17.9. The van der Waals surface area contributed by atoms with Crippen molar-refractivity contribution in [3.63, 3.8) is 0 Å². The van der Waals surface area contributed by atoms with Crippen LogP contribution in [0.1, 0.15) is 30.3 Å². The van der Waals surface area contributed by atoms with Gasteiger partial charge in [-0.1, -0.05) is 11.6 Å². The molecule has 132 valence electrons. The first-order chi connectivity index (χ1) is 11.9. The first-order valence-corrected chi connectivity index (χ1v) is 9.62. The van der Waals surface area contributed by atoms with Crippen LogP contribution >= 0.6 is 11.6 Å². The summed E-state index contributed by atoms with van der Waals surface area (Å²) in [6, 6.07) is 6.01. The molecule has 0 saturated carbocycles. The predicted octanol–water partition coefficient (Wildman–Crippen LogP) is 2.07. The standard InChI is InChI=1S/C16H17ClN4O3S/c17-14-9-13(2-1-12(14)10-18)25(23,24)21-7-3-11(4-8-21)15(22)16-19-5-6-20-16/h1-2,5-6,9,11,15,22H,3-4,7-8H2,(H,19,20)/t15-/m0/s1. The molecule has 1 aromatic heterocycles. The summed E-state index contributed by atoms with van der Waals surface area (Å²) in [5, 5.41) is 19.3. The fourth-order valence-corrected chi connectivity index (χ4v) is 4.77. The molecule has 2 N–H and O–H groups in total. The van der Waals surface area contributed by atoms with Gasteiger partial charge in [-0.25, -0.2) is 13.4 Å². The van der Waals surface area contributed by atoms with Gasteiger partial charge in [0.1, 0.15) is 18.0 Å². The molecule has 9 heteroatoms. The Kier molecular flexibility index (Phi) is 5.11. The Labute approximate surface area is 150 Å². The second kappa shape index (κ2) is 7.14. The Balaban J connectivity index is 1.71. The zero-order valence-corrected chi connectivity index (χ0v) is 14.8. The van der Waals surface area contributed by atoms with Gasteiger partial charge in [-0.05, 0) is 37.0 Å². The van der Waals surface area contributed by atoms with Crippen LogP contribution in [-0.2, 0) is 10.0 Å². The van der Waals surface area contributed by atoms with Crippen molar-refractivity contribution in [3.05, 3.63) is 47.0 Å². The molecule has 3 rings (SSSR count). The van der Waals surface area contributed by atoms with Gasteiger partial charge in [0.15, 0.2) is 0 Å². The number of hydrogen-bond acceptors (Lipinski definition) is 5. The van der Waals surface area contributed by atoms with Gasteiger partial charge in [0.2, 0.25) is 10.0 Å². The minimum absolute atomic E-state index is 0.0536. The molecular weight excluding hydrogens is 364 g/mol. The molecule has 0 aliphatic carbocycles. The van der Waals surface area contributed by atoms with E-state index in [0.717, 1.165) is 0 Å². The Morgan fingerprint density at radius 2 is 2.12 bits per heavy atom. The van der Waals surface area contributed by atoms with Crippen molar-refractivity contribution in [2.24, 2.45) is 5.92 Å². The normalized spacial score (nSPS) is 18.0. The van der Waals surface area contributed by atoms with Crippen LogP contribution < -0.4 is 0 Å². The molecule has 1 fully saturated rings. The van der Waals surface area contributed by atoms with Crippen LogP contribution in [-0.4, -0.2) is 40.9 Å². The average molecular weight is 381 g/mol. The highest BCUT2D eigenvalue weighted by molar-refractivity contribution is 7.89. The van der Waals surface area contributed by atoms with E-state index in [-0.39, 0.29) is 21.4 Å². The molecule has 0 unspecified atom stereocenters. The molecule has 0 bridgehead atoms. The van der Waals surface area contributed by atoms with E-state index in [4.69, 9.17) is 16.9 Å². The molecule has 7 nitrogen and oxygen atoms in total. The van der Waals surface area contributed by atoms with Crippen LogP contribution in [0.5, 0.6) is 0 Å². The smallest absolute Gasteiger partial charge is 0.243 e. The van der Waals surface area contributed by atoms with Crippen molar-refractivity contribution in [2.45, 2.75) is 23.8 Å². The number of aliphatic hydroxyl groups is 1. The molecule has 1 aromatic carbocycles. The van der Waals surface area contributed by atoms with Crippen LogP contribution in [0.4, 0.5) is 0 Å². The zero-order valence-electron chi connectivity index (χ0n) is 13.3. The van der Waals surface area contributed by atoms with Crippen molar-refractivity contribution in [1.82, 2.24) is 14.3 Å². The third-order valence-corrected chi connectivity index (χ3v) is 6.65. The summed E-state index contributed by atoms with van der Waals surface area (Å²) < 4.78 is 26.9. The van der Waals surface area contributed by atoms with Crippen LogP contribution in [0.3, 0.4) is 0 Å². The Bertz CT molecular complexity index is 885. The fourth-order valence-electron chi connectivity index (χ4n) is 2.99. The molecule has 1 aliphatic heterocycles. The summed E-state index contributed by atoms with van der Waals surface area (Å²) in [5.41, 5.74) is 0.237. The number of sulfonamides is 1. The minimum Gasteiger partial charge on any atom is -0.385 e. The van der Waals surface area contributed by atoms with Gasteiger partial charge in [0.25, 0.3) is 0 Å². The SMILES string of the molecule is N#Cc1ccc(S(=O)(=O)N2CCC([C@H](O)c3ncc[nH]3)CC2)cc1Cl. The summed E-state index contributed by atoms with van der Waals surface area (Å²) in [4.78, 5) is 7.01. The molecule has 0 spiro atoms. The van der Waals surface area contributed by atoms with Crippen molar-refractivity contribution in [2.75, 3.05) is 13.1 Å². The third kappa shape index (κ3) is 3.55. The van der Waals surface area contributed by atoms with Crippen molar-refractivity contribution in [1.29, 1.82) is 5.26 Å². The Morgan fingerprint density at radius 1 is 1.40 bits per heavy atom. The highest BCUT2D eigenvalue weighted by atomic mass is 35.5. The number of H-pyrrole nitrogens is 1. The second-order valence-corrected chi connectivity index (χ2v) is 8.26. The van der Waals surface area contributed by atoms with E-state index in [1.54, 1.807) is 12.4 Å². The molecular formula is C16H17ClN4O3S. The lowest BCUT2D eigenvalue weighted by molar-refractivity contribution is 0.0696. The van der Waals surface area contributed by atoms with E-state index in [9.17, 15) is 13.5 Å². The number of aromatic amines is 1. The highest BCUT2D eigenvalue weighted by Gasteiger charge is 2.33. The maximum atomic E-state index is 12.7. The van der Waals surface area contributed by atoms with Gasteiger partial charge >= 0.3 is 0 Å². The molecule has 0 radical (unpaired) electrons. The Hall–Kier alpha value is -1.92. The summed E-state index contributed by atoms with van der Waals surface area (Å²) in [7, 11) is -3.68. The molecule has 1 atom stereocenters. The number of aliphatic hydroxyl groups excluding tert-OH is 1. The monoisotopic (exact) mass is 380 g/mol. The maximum Gasteiger partial charge on any atom is 0.243 e. The molecule has 2 aromatic rings. The van der Waals surface area contributed by atoms with Gasteiger partial charge in [0, 0.05) is 25.5 Å². The highest BCUT2D eigenvalue weighted by Crippen LogP contribution is 2.32. The van der Waals surface area contributed by atoms with E-state index in [0.29, 0.717) is 31.8 Å². The maximum absolute atomic E-state index is 12.7. The lowest BCUT2D eigenvalue weighted by atomic mass is 9.92. The fraction of sp³-hybridized carbons (Fsp3) is 0.375. The number of nitriles is 1. The van der Waals surface area contributed by atoms with Crippen LogP contribution in [0, 0.1) is 17.2 Å². The first-order valence-electron chi connectivity index (χ1n) is 7.80. The number of aromatic nitrogens is 2. The van der Waals surface area contributed by atoms with Gasteiger partial charge < -0.3 is 10.1 Å². The van der Waals surface area contributed by atoms with E-state index in [1.165, 1.54) is 22.5 Å². The number of halogens is 1. The van der Waals surface area contributed by atoms with Gasteiger partial charge in [-0.2, -0.15) is 9.57 Å². The molecule has 0 amide bonds. The molecule has 1 aliphatic rings. The van der Waals surface area contributed by atoms with Crippen LogP contribution in [0.25, 0.3) is 0 Å². The van der Waals surface area contributed by atoms with E-state index in [2.05, 4.69) is 9.97 Å². The number of rotatable bonds is 4. The Morgan fingerprint density at radius 3 is 2.68 bits per heavy atom. The number of benzene rings is 1. The summed E-state index contributed by atoms with van der Waals surface area (Å²) in [5.74, 6) is 0.447. The summed E-state index contributed by atoms with van der Waals surface area (Å²) >= 11 is 5.95. The number of piperidine rings is 1. The van der Waals surface area contributed by atoms with Gasteiger partial charge in [-0.15, -0.1) is 0 Å². The van der Waals surface area contributed by atoms with E-state index >= 15 is 0 Å². The lowest BCUT2D eigenvalue weighted by Gasteiger charge is -2.33. The number of nitrogens with zero attached hydrogens (tertiary/aromatic N) is 3.